The zero-order chi connectivity index (χ0) is 12.7. The summed E-state index contributed by atoms with van der Waals surface area (Å²) in [6.07, 6.45) is 0. The molecule has 0 amide bonds. The smallest absolute Gasteiger partial charge is 0.129 e. The van der Waals surface area contributed by atoms with Crippen molar-refractivity contribution < 1.29 is 4.74 Å². The van der Waals surface area contributed by atoms with Gasteiger partial charge in [0.25, 0.3) is 0 Å². The molecular formula is C15H19NO. The molecule has 2 rings (SSSR count). The lowest BCUT2D eigenvalue weighted by Crippen LogP contribution is -2.46. The summed E-state index contributed by atoms with van der Waals surface area (Å²) in [6, 6.07) is 8.88. The summed E-state index contributed by atoms with van der Waals surface area (Å²) in [6.45, 7) is 9.70. The minimum absolute atomic E-state index is 0.115. The van der Waals surface area contributed by atoms with E-state index >= 15 is 0 Å². The number of aryl methyl sites for hydroxylation is 1. The van der Waals surface area contributed by atoms with Crippen LogP contribution in [0.1, 0.15) is 37.5 Å². The van der Waals surface area contributed by atoms with Gasteiger partial charge in [0.1, 0.15) is 5.41 Å². The van der Waals surface area contributed by atoms with E-state index in [4.69, 9.17) is 4.74 Å². The fourth-order valence-electron chi connectivity index (χ4n) is 2.19. The molecule has 0 saturated carbocycles. The fourth-order valence-corrected chi connectivity index (χ4v) is 2.19. The van der Waals surface area contributed by atoms with Crippen LogP contribution in [-0.4, -0.2) is 13.2 Å². The van der Waals surface area contributed by atoms with Gasteiger partial charge in [0.15, 0.2) is 0 Å². The Morgan fingerprint density at radius 3 is 2.35 bits per heavy atom. The molecule has 0 unspecified atom stereocenters. The summed E-state index contributed by atoms with van der Waals surface area (Å²) in [5.74, 6) is 0. The zero-order valence-corrected chi connectivity index (χ0v) is 11.0. The van der Waals surface area contributed by atoms with Crippen LogP contribution in [0.5, 0.6) is 0 Å². The van der Waals surface area contributed by atoms with E-state index in [2.05, 4.69) is 52.0 Å². The van der Waals surface area contributed by atoms with Gasteiger partial charge in [-0.05, 0) is 29.0 Å². The molecule has 1 aromatic carbocycles. The van der Waals surface area contributed by atoms with Crippen molar-refractivity contribution in [1.29, 1.82) is 5.26 Å². The first-order valence-corrected chi connectivity index (χ1v) is 6.00. The van der Waals surface area contributed by atoms with Crippen LogP contribution in [0.3, 0.4) is 0 Å². The second-order valence-corrected chi connectivity index (χ2v) is 5.97. The molecule has 90 valence electrons. The van der Waals surface area contributed by atoms with Crippen LogP contribution in [0.15, 0.2) is 18.2 Å². The molecule has 2 nitrogen and oxygen atoms in total. The van der Waals surface area contributed by atoms with Crippen molar-refractivity contribution >= 4 is 0 Å². The third kappa shape index (κ3) is 1.96. The van der Waals surface area contributed by atoms with Gasteiger partial charge in [-0.2, -0.15) is 5.26 Å². The van der Waals surface area contributed by atoms with Crippen molar-refractivity contribution in [2.45, 2.75) is 38.5 Å². The molecule has 17 heavy (non-hydrogen) atoms. The lowest BCUT2D eigenvalue weighted by molar-refractivity contribution is -0.0301. The van der Waals surface area contributed by atoms with Crippen molar-refractivity contribution in [1.82, 2.24) is 0 Å². The second-order valence-electron chi connectivity index (χ2n) is 5.97. The highest BCUT2D eigenvalue weighted by molar-refractivity contribution is 5.44. The van der Waals surface area contributed by atoms with E-state index in [9.17, 15) is 5.26 Å². The Hall–Kier alpha value is -1.33. The maximum absolute atomic E-state index is 9.38. The van der Waals surface area contributed by atoms with Crippen molar-refractivity contribution in [3.8, 4) is 6.07 Å². The second kappa shape index (κ2) is 3.85. The predicted molar refractivity (Wildman–Crippen MR) is 68.0 cm³/mol. The molecule has 1 fully saturated rings. The van der Waals surface area contributed by atoms with E-state index < -0.39 is 5.41 Å². The van der Waals surface area contributed by atoms with Crippen molar-refractivity contribution in [3.05, 3.63) is 34.9 Å². The van der Waals surface area contributed by atoms with Gasteiger partial charge in [0, 0.05) is 0 Å². The van der Waals surface area contributed by atoms with Gasteiger partial charge in [0.05, 0.1) is 19.3 Å². The monoisotopic (exact) mass is 229 g/mol. The molecule has 1 aromatic rings. The summed E-state index contributed by atoms with van der Waals surface area (Å²) in [4.78, 5) is 0. The molecule has 0 bridgehead atoms. The number of rotatable bonds is 1. The lowest BCUT2D eigenvalue weighted by Gasteiger charge is -2.37. The summed E-state index contributed by atoms with van der Waals surface area (Å²) in [7, 11) is 0. The van der Waals surface area contributed by atoms with Crippen LogP contribution in [0.25, 0.3) is 0 Å². The number of benzene rings is 1. The van der Waals surface area contributed by atoms with Crippen molar-refractivity contribution in [3.63, 3.8) is 0 Å². The maximum Gasteiger partial charge on any atom is 0.129 e. The zero-order valence-electron chi connectivity index (χ0n) is 11.0. The number of nitrogens with zero attached hydrogens (tertiary/aromatic N) is 1. The van der Waals surface area contributed by atoms with Crippen LogP contribution >= 0.6 is 0 Å². The molecule has 2 heteroatoms. The normalized spacial score (nSPS) is 18.3. The standard InChI is InChI=1S/C15H19NO/c1-11-5-6-12(14(2,3)4)7-13(11)15(8-16)9-17-10-15/h5-7H,9-10H2,1-4H3. The van der Waals surface area contributed by atoms with Crippen molar-refractivity contribution in [2.24, 2.45) is 0 Å². The first-order valence-electron chi connectivity index (χ1n) is 6.00. The highest BCUT2D eigenvalue weighted by Gasteiger charge is 2.42. The fraction of sp³-hybridized carbons (Fsp3) is 0.533. The van der Waals surface area contributed by atoms with Gasteiger partial charge in [-0.25, -0.2) is 0 Å². The van der Waals surface area contributed by atoms with E-state index in [1.807, 2.05) is 0 Å². The quantitative estimate of drug-likeness (QED) is 0.741. The van der Waals surface area contributed by atoms with Crippen molar-refractivity contribution in [2.75, 3.05) is 13.2 Å². The van der Waals surface area contributed by atoms with Gasteiger partial charge in [-0.1, -0.05) is 39.0 Å². The van der Waals surface area contributed by atoms with E-state index in [0.29, 0.717) is 13.2 Å². The minimum atomic E-state index is -0.411. The Balaban J connectivity index is 2.51. The summed E-state index contributed by atoms with van der Waals surface area (Å²) >= 11 is 0. The maximum atomic E-state index is 9.38. The van der Waals surface area contributed by atoms with Crippen LogP contribution in [-0.2, 0) is 15.6 Å². The van der Waals surface area contributed by atoms with Crippen LogP contribution < -0.4 is 0 Å². The van der Waals surface area contributed by atoms with Gasteiger partial charge in [-0.15, -0.1) is 0 Å². The number of hydrogen-bond acceptors (Lipinski definition) is 2. The highest BCUT2D eigenvalue weighted by atomic mass is 16.5. The Kier molecular flexibility index (Phi) is 2.75. The number of ether oxygens (including phenoxy) is 1. The topological polar surface area (TPSA) is 33.0 Å². The first-order chi connectivity index (χ1) is 7.89. The third-order valence-electron chi connectivity index (χ3n) is 3.53. The van der Waals surface area contributed by atoms with Crippen LogP contribution in [0.4, 0.5) is 0 Å². The van der Waals surface area contributed by atoms with Crippen LogP contribution in [0, 0.1) is 18.3 Å². The molecule has 0 spiro atoms. The van der Waals surface area contributed by atoms with Crippen LogP contribution in [0.2, 0.25) is 0 Å². The molecule has 1 aliphatic rings. The number of nitriles is 1. The van der Waals surface area contributed by atoms with E-state index in [0.717, 1.165) is 5.56 Å². The lowest BCUT2D eigenvalue weighted by atomic mass is 9.75. The van der Waals surface area contributed by atoms with Gasteiger partial charge < -0.3 is 4.74 Å². The molecule has 0 atom stereocenters. The molecular weight excluding hydrogens is 210 g/mol. The molecule has 1 heterocycles. The predicted octanol–water partition coefficient (Wildman–Crippen LogP) is 3.08. The molecule has 0 N–H and O–H groups in total. The summed E-state index contributed by atoms with van der Waals surface area (Å²) in [5.41, 5.74) is 3.30. The largest absolute Gasteiger partial charge is 0.377 e. The number of hydrogen-bond donors (Lipinski definition) is 0. The minimum Gasteiger partial charge on any atom is -0.377 e. The van der Waals surface area contributed by atoms with Gasteiger partial charge in [-0.3, -0.25) is 0 Å². The van der Waals surface area contributed by atoms with E-state index in [1.54, 1.807) is 0 Å². The first kappa shape index (κ1) is 12.1. The molecule has 0 aromatic heterocycles. The molecule has 1 aliphatic heterocycles. The Morgan fingerprint density at radius 2 is 1.94 bits per heavy atom. The average Bonchev–Trinajstić information content (AvgIpc) is 2.18. The van der Waals surface area contributed by atoms with Gasteiger partial charge >= 0.3 is 0 Å². The third-order valence-corrected chi connectivity index (χ3v) is 3.53. The molecule has 1 saturated heterocycles. The summed E-state index contributed by atoms with van der Waals surface area (Å²) < 4.78 is 5.24. The van der Waals surface area contributed by atoms with E-state index in [-0.39, 0.29) is 5.41 Å². The molecule has 0 radical (unpaired) electrons. The average molecular weight is 229 g/mol. The Morgan fingerprint density at radius 1 is 1.29 bits per heavy atom. The van der Waals surface area contributed by atoms with Gasteiger partial charge in [0.2, 0.25) is 0 Å². The Bertz CT molecular complexity index is 473. The SMILES string of the molecule is Cc1ccc(C(C)(C)C)cc1C1(C#N)COC1. The Labute approximate surface area is 103 Å². The molecule has 0 aliphatic carbocycles. The summed E-state index contributed by atoms with van der Waals surface area (Å²) in [5, 5.41) is 9.38. The van der Waals surface area contributed by atoms with E-state index in [1.165, 1.54) is 11.1 Å². The highest BCUT2D eigenvalue weighted by Crippen LogP contribution is 2.36.